The number of rotatable bonds is 8. The molecule has 0 aliphatic carbocycles. The summed E-state index contributed by atoms with van der Waals surface area (Å²) in [4.78, 5) is 11.7. The van der Waals surface area contributed by atoms with Crippen molar-refractivity contribution in [3.63, 3.8) is 0 Å². The Hall–Kier alpha value is -1.57. The third kappa shape index (κ3) is 7.44. The van der Waals surface area contributed by atoms with E-state index in [0.717, 1.165) is 18.5 Å². The van der Waals surface area contributed by atoms with Crippen LogP contribution in [-0.4, -0.2) is 12.5 Å². The summed E-state index contributed by atoms with van der Waals surface area (Å²) in [5.74, 6) is -0.00427. The fourth-order valence-electron chi connectivity index (χ4n) is 2.27. The van der Waals surface area contributed by atoms with Gasteiger partial charge in [-0.15, -0.1) is 0 Å². The van der Waals surface area contributed by atoms with E-state index in [0.29, 0.717) is 0 Å². The minimum absolute atomic E-state index is 0.00427. The van der Waals surface area contributed by atoms with Crippen LogP contribution in [0.5, 0.6) is 0 Å². The number of unbranched alkanes of at least 4 members (excludes halogenated alkanes) is 4. The third-order valence-corrected chi connectivity index (χ3v) is 3.78. The molecule has 1 amide bonds. The lowest BCUT2D eigenvalue weighted by molar-refractivity contribution is -0.116. The highest BCUT2D eigenvalue weighted by Gasteiger charge is 2.12. The summed E-state index contributed by atoms with van der Waals surface area (Å²) in [6.45, 7) is 9.58. The van der Waals surface area contributed by atoms with Gasteiger partial charge in [0.15, 0.2) is 0 Å². The van der Waals surface area contributed by atoms with Gasteiger partial charge in [0, 0.05) is 12.6 Å². The van der Waals surface area contributed by atoms with Crippen molar-refractivity contribution in [2.45, 2.75) is 65.2 Å². The minimum atomic E-state index is -0.00427. The molecule has 1 aromatic carbocycles. The number of hydrogen-bond donors (Lipinski definition) is 1. The van der Waals surface area contributed by atoms with Gasteiger partial charge in [-0.25, -0.2) is 0 Å². The van der Waals surface area contributed by atoms with Crippen molar-refractivity contribution >= 4 is 12.0 Å². The van der Waals surface area contributed by atoms with E-state index in [2.05, 4.69) is 57.3 Å². The first kappa shape index (κ1) is 18.5. The number of amides is 1. The van der Waals surface area contributed by atoms with E-state index in [1.165, 1.54) is 31.2 Å². The maximum atomic E-state index is 11.7. The Bertz CT molecular complexity index is 465. The van der Waals surface area contributed by atoms with E-state index in [1.807, 2.05) is 6.08 Å². The van der Waals surface area contributed by atoms with Crippen LogP contribution in [0.25, 0.3) is 6.08 Å². The first-order valence-electron chi connectivity index (χ1n) is 8.50. The Kier molecular flexibility index (Phi) is 7.94. The molecule has 0 bridgehead atoms. The van der Waals surface area contributed by atoms with Gasteiger partial charge >= 0.3 is 0 Å². The normalized spacial score (nSPS) is 11.8. The average molecular weight is 301 g/mol. The molecule has 0 fully saturated rings. The molecule has 0 aliphatic rings. The van der Waals surface area contributed by atoms with E-state index in [1.54, 1.807) is 6.08 Å². The molecular formula is C20H31NO. The van der Waals surface area contributed by atoms with Gasteiger partial charge in [-0.1, -0.05) is 77.6 Å². The van der Waals surface area contributed by atoms with Crippen molar-refractivity contribution in [2.24, 2.45) is 0 Å². The van der Waals surface area contributed by atoms with E-state index in [4.69, 9.17) is 0 Å². The van der Waals surface area contributed by atoms with Crippen LogP contribution in [0.2, 0.25) is 0 Å². The predicted octanol–water partition coefficient (Wildman–Crippen LogP) is 5.08. The van der Waals surface area contributed by atoms with Crippen LogP contribution in [0.15, 0.2) is 30.3 Å². The van der Waals surface area contributed by atoms with Gasteiger partial charge in [-0.05, 0) is 29.0 Å². The summed E-state index contributed by atoms with van der Waals surface area (Å²) >= 11 is 0. The Morgan fingerprint density at radius 2 is 1.68 bits per heavy atom. The van der Waals surface area contributed by atoms with Crippen LogP contribution in [0, 0.1) is 0 Å². The zero-order valence-electron chi connectivity index (χ0n) is 14.6. The standard InChI is InChI=1S/C20H31NO/c1-5-6-7-8-9-16-21-19(22)15-12-17-10-13-18(14-11-17)20(2,3)4/h10-15H,5-9,16H2,1-4H3,(H,21,22). The van der Waals surface area contributed by atoms with Crippen LogP contribution in [0.4, 0.5) is 0 Å². The molecule has 0 heterocycles. The molecule has 2 nitrogen and oxygen atoms in total. The zero-order chi connectivity index (χ0) is 16.4. The molecule has 1 rings (SSSR count). The first-order valence-corrected chi connectivity index (χ1v) is 8.50. The van der Waals surface area contributed by atoms with E-state index in [-0.39, 0.29) is 11.3 Å². The number of benzene rings is 1. The SMILES string of the molecule is CCCCCCCNC(=O)C=Cc1ccc(C(C)(C)C)cc1. The lowest BCUT2D eigenvalue weighted by Gasteiger charge is -2.18. The summed E-state index contributed by atoms with van der Waals surface area (Å²) in [5.41, 5.74) is 2.53. The molecule has 22 heavy (non-hydrogen) atoms. The molecular weight excluding hydrogens is 270 g/mol. The predicted molar refractivity (Wildman–Crippen MR) is 95.9 cm³/mol. The summed E-state index contributed by atoms with van der Waals surface area (Å²) < 4.78 is 0. The Labute approximate surface area is 136 Å². The van der Waals surface area contributed by atoms with Crippen LogP contribution in [-0.2, 0) is 10.2 Å². The van der Waals surface area contributed by atoms with Crippen molar-refractivity contribution in [3.05, 3.63) is 41.5 Å². The molecule has 0 saturated heterocycles. The fourth-order valence-corrected chi connectivity index (χ4v) is 2.27. The molecule has 0 aromatic heterocycles. The summed E-state index contributed by atoms with van der Waals surface area (Å²) in [7, 11) is 0. The van der Waals surface area contributed by atoms with Gasteiger partial charge < -0.3 is 5.32 Å². The van der Waals surface area contributed by atoms with E-state index < -0.39 is 0 Å². The van der Waals surface area contributed by atoms with Crippen LogP contribution >= 0.6 is 0 Å². The van der Waals surface area contributed by atoms with Crippen molar-refractivity contribution in [1.29, 1.82) is 0 Å². The fraction of sp³-hybridized carbons (Fsp3) is 0.550. The molecule has 1 aromatic rings. The van der Waals surface area contributed by atoms with Gasteiger partial charge in [0.2, 0.25) is 5.91 Å². The van der Waals surface area contributed by atoms with Crippen LogP contribution < -0.4 is 5.32 Å². The molecule has 122 valence electrons. The topological polar surface area (TPSA) is 29.1 Å². The molecule has 0 atom stereocenters. The summed E-state index contributed by atoms with van der Waals surface area (Å²) in [6.07, 6.45) is 9.58. The van der Waals surface area contributed by atoms with Crippen molar-refractivity contribution in [1.82, 2.24) is 5.32 Å². The Morgan fingerprint density at radius 3 is 2.27 bits per heavy atom. The highest BCUT2D eigenvalue weighted by molar-refractivity contribution is 5.91. The first-order chi connectivity index (χ1) is 10.4. The van der Waals surface area contributed by atoms with Gasteiger partial charge in [-0.3, -0.25) is 4.79 Å². The molecule has 0 saturated carbocycles. The second-order valence-electron chi connectivity index (χ2n) is 6.91. The molecule has 0 spiro atoms. The summed E-state index contributed by atoms with van der Waals surface area (Å²) in [6, 6.07) is 8.39. The Balaban J connectivity index is 2.33. The highest BCUT2D eigenvalue weighted by Crippen LogP contribution is 2.22. The zero-order valence-corrected chi connectivity index (χ0v) is 14.6. The smallest absolute Gasteiger partial charge is 0.243 e. The number of carbonyl (C=O) groups excluding carboxylic acids is 1. The van der Waals surface area contributed by atoms with Gasteiger partial charge in [0.1, 0.15) is 0 Å². The number of carbonyl (C=O) groups is 1. The molecule has 0 radical (unpaired) electrons. The minimum Gasteiger partial charge on any atom is -0.353 e. The van der Waals surface area contributed by atoms with Crippen LogP contribution in [0.3, 0.4) is 0 Å². The van der Waals surface area contributed by atoms with Crippen molar-refractivity contribution in [3.8, 4) is 0 Å². The third-order valence-electron chi connectivity index (χ3n) is 3.78. The van der Waals surface area contributed by atoms with E-state index in [9.17, 15) is 4.79 Å². The lowest BCUT2D eigenvalue weighted by atomic mass is 9.87. The second kappa shape index (κ2) is 9.45. The van der Waals surface area contributed by atoms with Crippen molar-refractivity contribution < 1.29 is 4.79 Å². The average Bonchev–Trinajstić information content (AvgIpc) is 2.48. The largest absolute Gasteiger partial charge is 0.353 e. The van der Waals surface area contributed by atoms with Gasteiger partial charge in [0.25, 0.3) is 0 Å². The van der Waals surface area contributed by atoms with Crippen LogP contribution in [0.1, 0.15) is 70.9 Å². The highest BCUT2D eigenvalue weighted by atomic mass is 16.1. The number of hydrogen-bond acceptors (Lipinski definition) is 1. The quantitative estimate of drug-likeness (QED) is 0.526. The molecule has 0 aliphatic heterocycles. The number of nitrogens with one attached hydrogen (secondary N) is 1. The maximum Gasteiger partial charge on any atom is 0.243 e. The van der Waals surface area contributed by atoms with E-state index >= 15 is 0 Å². The Morgan fingerprint density at radius 1 is 1.05 bits per heavy atom. The lowest BCUT2D eigenvalue weighted by Crippen LogP contribution is -2.21. The maximum absolute atomic E-state index is 11.7. The summed E-state index contributed by atoms with van der Waals surface area (Å²) in [5, 5.41) is 2.94. The van der Waals surface area contributed by atoms with Gasteiger partial charge in [0.05, 0.1) is 0 Å². The molecule has 1 N–H and O–H groups in total. The van der Waals surface area contributed by atoms with Crippen molar-refractivity contribution in [2.75, 3.05) is 6.54 Å². The monoisotopic (exact) mass is 301 g/mol. The second-order valence-corrected chi connectivity index (χ2v) is 6.91. The molecule has 2 heteroatoms. The van der Waals surface area contributed by atoms with Gasteiger partial charge in [-0.2, -0.15) is 0 Å². The molecule has 0 unspecified atom stereocenters.